The van der Waals surface area contributed by atoms with Crippen LogP contribution < -0.4 is 0 Å². The first-order chi connectivity index (χ1) is 15.8. The van der Waals surface area contributed by atoms with Gasteiger partial charge in [-0.3, -0.25) is 0 Å². The zero-order chi connectivity index (χ0) is 24.0. The summed E-state index contributed by atoms with van der Waals surface area (Å²) >= 11 is 0. The zero-order valence-corrected chi connectivity index (χ0v) is 19.3. The van der Waals surface area contributed by atoms with Crippen molar-refractivity contribution in [3.05, 3.63) is 59.4 Å². The van der Waals surface area contributed by atoms with Gasteiger partial charge in [-0.2, -0.15) is 0 Å². The van der Waals surface area contributed by atoms with Crippen LogP contribution in [0.15, 0.2) is 42.5 Å². The minimum atomic E-state index is -1.69. The van der Waals surface area contributed by atoms with E-state index in [2.05, 4.69) is 0 Å². The quantitative estimate of drug-likeness (QED) is 0.549. The third kappa shape index (κ3) is 5.52. The SMILES string of the molecule is CCc1cccc(-c2c(F)cccc2[C@@](O)(CCC(OC)OC)[C@H]2CN(C(=O)O)CCO2)c1. The Labute approximate surface area is 193 Å². The van der Waals surface area contributed by atoms with Crippen LogP contribution in [0.2, 0.25) is 0 Å². The van der Waals surface area contributed by atoms with Gasteiger partial charge < -0.3 is 29.3 Å². The Morgan fingerprint density at radius 1 is 1.27 bits per heavy atom. The van der Waals surface area contributed by atoms with Gasteiger partial charge in [0, 0.05) is 32.7 Å². The highest BCUT2D eigenvalue weighted by Gasteiger charge is 2.45. The molecule has 33 heavy (non-hydrogen) atoms. The Morgan fingerprint density at radius 3 is 2.67 bits per heavy atom. The average molecular weight is 462 g/mol. The van der Waals surface area contributed by atoms with E-state index in [1.54, 1.807) is 18.2 Å². The van der Waals surface area contributed by atoms with Crippen LogP contribution in [0, 0.1) is 5.82 Å². The van der Waals surface area contributed by atoms with Crippen molar-refractivity contribution < 1.29 is 33.6 Å². The molecule has 0 aromatic heterocycles. The maximum absolute atomic E-state index is 15.3. The smallest absolute Gasteiger partial charge is 0.407 e. The molecular weight excluding hydrogens is 429 g/mol. The second kappa shape index (κ2) is 11.1. The van der Waals surface area contributed by atoms with Crippen LogP contribution in [0.5, 0.6) is 0 Å². The van der Waals surface area contributed by atoms with E-state index < -0.39 is 29.9 Å². The summed E-state index contributed by atoms with van der Waals surface area (Å²) < 4.78 is 31.8. The molecule has 1 saturated heterocycles. The van der Waals surface area contributed by atoms with Gasteiger partial charge in [-0.15, -0.1) is 0 Å². The average Bonchev–Trinajstić information content (AvgIpc) is 2.84. The van der Waals surface area contributed by atoms with Gasteiger partial charge in [-0.1, -0.05) is 43.3 Å². The first-order valence-electron chi connectivity index (χ1n) is 11.1. The van der Waals surface area contributed by atoms with Crippen molar-refractivity contribution in [2.24, 2.45) is 0 Å². The van der Waals surface area contributed by atoms with E-state index in [-0.39, 0.29) is 31.7 Å². The molecule has 8 heteroatoms. The topological polar surface area (TPSA) is 88.5 Å². The molecule has 0 aliphatic carbocycles. The highest BCUT2D eigenvalue weighted by molar-refractivity contribution is 5.70. The summed E-state index contributed by atoms with van der Waals surface area (Å²) in [6.45, 7) is 2.31. The summed E-state index contributed by atoms with van der Waals surface area (Å²) in [6.07, 6.45) is -1.39. The van der Waals surface area contributed by atoms with Crippen LogP contribution in [0.25, 0.3) is 11.1 Å². The molecule has 0 bridgehead atoms. The van der Waals surface area contributed by atoms with Crippen molar-refractivity contribution in [3.8, 4) is 11.1 Å². The molecule has 1 heterocycles. The van der Waals surface area contributed by atoms with Crippen molar-refractivity contribution in [1.82, 2.24) is 4.90 Å². The summed E-state index contributed by atoms with van der Waals surface area (Å²) in [5.41, 5.74) is 0.608. The predicted molar refractivity (Wildman–Crippen MR) is 121 cm³/mol. The number of hydrogen-bond acceptors (Lipinski definition) is 5. The fraction of sp³-hybridized carbons (Fsp3) is 0.480. The standard InChI is InChI=1S/C25H32FNO6/c1-4-17-7-5-8-18(15-17)23-19(9-6-10-20(23)26)25(30,12-11-22(31-2)32-3)21-16-27(24(28)29)13-14-33-21/h5-10,15,21-22,30H,4,11-14,16H2,1-3H3,(H,28,29)/t21-,25+/m1/s1. The van der Waals surface area contributed by atoms with Crippen molar-refractivity contribution in [2.75, 3.05) is 33.9 Å². The lowest BCUT2D eigenvalue weighted by Crippen LogP contribution is -2.54. The van der Waals surface area contributed by atoms with Gasteiger partial charge in [0.25, 0.3) is 0 Å². The van der Waals surface area contributed by atoms with Crippen LogP contribution in [0.1, 0.15) is 30.9 Å². The molecule has 1 fully saturated rings. The number of aryl methyl sites for hydroxylation is 1. The van der Waals surface area contributed by atoms with Gasteiger partial charge >= 0.3 is 6.09 Å². The number of halogens is 1. The fourth-order valence-electron chi connectivity index (χ4n) is 4.38. The van der Waals surface area contributed by atoms with Gasteiger partial charge in [0.1, 0.15) is 17.5 Å². The molecule has 0 spiro atoms. The van der Waals surface area contributed by atoms with E-state index in [4.69, 9.17) is 14.2 Å². The number of morpholine rings is 1. The number of carboxylic acid groups (broad SMARTS) is 1. The summed E-state index contributed by atoms with van der Waals surface area (Å²) in [4.78, 5) is 12.8. The van der Waals surface area contributed by atoms with Crippen LogP contribution in [-0.2, 0) is 26.2 Å². The summed E-state index contributed by atoms with van der Waals surface area (Å²) in [5, 5.41) is 21.6. The van der Waals surface area contributed by atoms with E-state index in [0.717, 1.165) is 12.0 Å². The summed E-state index contributed by atoms with van der Waals surface area (Å²) in [6, 6.07) is 12.1. The first-order valence-corrected chi connectivity index (χ1v) is 11.1. The van der Waals surface area contributed by atoms with Gasteiger partial charge in [0.15, 0.2) is 6.29 Å². The Morgan fingerprint density at radius 2 is 2.00 bits per heavy atom. The van der Waals surface area contributed by atoms with Gasteiger partial charge in [-0.05, 0) is 35.6 Å². The third-order valence-corrected chi connectivity index (χ3v) is 6.26. The molecule has 2 N–H and O–H groups in total. The Hall–Kier alpha value is -2.52. The van der Waals surface area contributed by atoms with Gasteiger partial charge in [0.2, 0.25) is 0 Å². The van der Waals surface area contributed by atoms with Crippen molar-refractivity contribution >= 4 is 6.09 Å². The van der Waals surface area contributed by atoms with E-state index >= 15 is 4.39 Å². The van der Waals surface area contributed by atoms with Crippen LogP contribution >= 0.6 is 0 Å². The zero-order valence-electron chi connectivity index (χ0n) is 19.3. The van der Waals surface area contributed by atoms with Crippen LogP contribution in [-0.4, -0.2) is 67.5 Å². The Kier molecular flexibility index (Phi) is 8.42. The maximum atomic E-state index is 15.3. The minimum absolute atomic E-state index is 0.0403. The molecule has 0 radical (unpaired) electrons. The van der Waals surface area contributed by atoms with Crippen molar-refractivity contribution in [1.29, 1.82) is 0 Å². The number of ether oxygens (including phenoxy) is 3. The number of amides is 1. The molecule has 2 atom stereocenters. The van der Waals surface area contributed by atoms with E-state index in [0.29, 0.717) is 17.5 Å². The molecule has 1 aliphatic rings. The summed E-state index contributed by atoms with van der Waals surface area (Å²) in [7, 11) is 3.00. The molecule has 1 amide bonds. The van der Waals surface area contributed by atoms with Crippen molar-refractivity contribution in [2.45, 2.75) is 44.2 Å². The molecule has 2 aromatic carbocycles. The highest BCUT2D eigenvalue weighted by atomic mass is 19.1. The number of carbonyl (C=O) groups is 1. The second-order valence-corrected chi connectivity index (χ2v) is 8.17. The number of methoxy groups -OCH3 is 2. The lowest BCUT2D eigenvalue weighted by Gasteiger charge is -2.42. The van der Waals surface area contributed by atoms with E-state index in [1.807, 2.05) is 25.1 Å². The highest BCUT2D eigenvalue weighted by Crippen LogP contribution is 2.41. The first kappa shape index (κ1) is 25.1. The lowest BCUT2D eigenvalue weighted by atomic mass is 9.79. The monoisotopic (exact) mass is 461 g/mol. The molecule has 180 valence electrons. The van der Waals surface area contributed by atoms with Gasteiger partial charge in [-0.25, -0.2) is 9.18 Å². The molecule has 1 aliphatic heterocycles. The number of nitrogens with zero attached hydrogens (tertiary/aromatic N) is 1. The summed E-state index contributed by atoms with van der Waals surface area (Å²) in [5.74, 6) is -0.472. The van der Waals surface area contributed by atoms with E-state index in [1.165, 1.54) is 25.2 Å². The number of rotatable bonds is 9. The molecule has 7 nitrogen and oxygen atoms in total. The van der Waals surface area contributed by atoms with Crippen LogP contribution in [0.3, 0.4) is 0 Å². The molecule has 0 unspecified atom stereocenters. The molecular formula is C25H32FNO6. The van der Waals surface area contributed by atoms with Gasteiger partial charge in [0.05, 0.1) is 13.2 Å². The van der Waals surface area contributed by atoms with E-state index in [9.17, 15) is 15.0 Å². The van der Waals surface area contributed by atoms with Crippen molar-refractivity contribution in [3.63, 3.8) is 0 Å². The number of benzene rings is 2. The maximum Gasteiger partial charge on any atom is 0.407 e. The largest absolute Gasteiger partial charge is 0.465 e. The fourth-order valence-corrected chi connectivity index (χ4v) is 4.38. The predicted octanol–water partition coefficient (Wildman–Crippen LogP) is 4.02. The van der Waals surface area contributed by atoms with Crippen LogP contribution in [0.4, 0.5) is 9.18 Å². The lowest BCUT2D eigenvalue weighted by molar-refractivity contribution is -0.164. The third-order valence-electron chi connectivity index (χ3n) is 6.26. The molecule has 3 rings (SSSR count). The molecule has 2 aromatic rings. The normalized spacial score (nSPS) is 18.4. The Bertz CT molecular complexity index is 950. The number of hydrogen-bond donors (Lipinski definition) is 2. The molecule has 0 saturated carbocycles. The second-order valence-electron chi connectivity index (χ2n) is 8.17. The minimum Gasteiger partial charge on any atom is -0.465 e. The Balaban J connectivity index is 2.12. The number of aliphatic hydroxyl groups is 1.